The number of ether oxygens (including phenoxy) is 1. The summed E-state index contributed by atoms with van der Waals surface area (Å²) in [5, 5.41) is 9.35. The van der Waals surface area contributed by atoms with Gasteiger partial charge in [0, 0.05) is 34.5 Å². The molecular weight excluding hydrogens is 386 g/mol. The first kappa shape index (κ1) is 21.0. The average molecular weight is 407 g/mol. The van der Waals surface area contributed by atoms with E-state index in [4.69, 9.17) is 4.74 Å². The van der Waals surface area contributed by atoms with E-state index >= 15 is 0 Å². The molecule has 7 heteroatoms. The van der Waals surface area contributed by atoms with Crippen molar-refractivity contribution in [1.82, 2.24) is 0 Å². The Balaban J connectivity index is 1.93. The molecule has 1 aliphatic rings. The Bertz CT molecular complexity index is 1050. The van der Waals surface area contributed by atoms with E-state index in [-0.39, 0.29) is 36.8 Å². The number of carboxylic acids is 1. The van der Waals surface area contributed by atoms with Crippen LogP contribution in [0.1, 0.15) is 44.9 Å². The number of allylic oxidation sites excluding steroid dienone is 1. The van der Waals surface area contributed by atoms with E-state index in [0.717, 1.165) is 0 Å². The molecule has 0 aromatic heterocycles. The molecule has 3 rings (SSSR count). The largest absolute Gasteiger partial charge is 0.480 e. The third kappa shape index (κ3) is 4.15. The first-order valence-corrected chi connectivity index (χ1v) is 9.45. The Kier molecular flexibility index (Phi) is 6.11. The van der Waals surface area contributed by atoms with Gasteiger partial charge < -0.3 is 14.7 Å². The normalized spacial score (nSPS) is 13.1. The standard InChI is InChI=1S/C23H21NO6/c1-3-30-23(29)15-8-10-16(11-9-15)24(13-20(25)26)12-19-14(2)21(27)17-6-4-5-7-18(17)22(19)28/h4-11H,3,12-13H2,1-2H3,(H,25,26). The van der Waals surface area contributed by atoms with Crippen LogP contribution >= 0.6 is 0 Å². The number of nitrogens with zero attached hydrogens (tertiary/aromatic N) is 1. The molecule has 30 heavy (non-hydrogen) atoms. The van der Waals surface area contributed by atoms with E-state index in [1.807, 2.05) is 0 Å². The lowest BCUT2D eigenvalue weighted by molar-refractivity contribution is -0.135. The molecule has 0 saturated heterocycles. The van der Waals surface area contributed by atoms with Crippen LogP contribution in [0.2, 0.25) is 0 Å². The molecule has 0 bridgehead atoms. The van der Waals surface area contributed by atoms with Crippen LogP contribution in [-0.2, 0) is 9.53 Å². The van der Waals surface area contributed by atoms with Crippen LogP contribution in [0, 0.1) is 0 Å². The van der Waals surface area contributed by atoms with Gasteiger partial charge in [-0.3, -0.25) is 14.4 Å². The number of Topliss-reactive ketones (excluding diaryl/α,β-unsaturated/α-hetero) is 2. The number of hydrogen-bond donors (Lipinski definition) is 1. The Morgan fingerprint density at radius 2 is 1.57 bits per heavy atom. The van der Waals surface area contributed by atoms with Gasteiger partial charge >= 0.3 is 11.9 Å². The van der Waals surface area contributed by atoms with Crippen LogP contribution in [0.25, 0.3) is 0 Å². The van der Waals surface area contributed by atoms with E-state index < -0.39 is 11.9 Å². The molecule has 2 aromatic rings. The van der Waals surface area contributed by atoms with Crippen LogP contribution in [0.15, 0.2) is 59.7 Å². The van der Waals surface area contributed by atoms with Gasteiger partial charge in [0.1, 0.15) is 6.54 Å². The number of aliphatic carboxylic acids is 1. The topological polar surface area (TPSA) is 101 Å². The van der Waals surface area contributed by atoms with Crippen molar-refractivity contribution in [3.63, 3.8) is 0 Å². The van der Waals surface area contributed by atoms with Crippen molar-refractivity contribution >= 4 is 29.2 Å². The summed E-state index contributed by atoms with van der Waals surface area (Å²) in [7, 11) is 0. The van der Waals surface area contributed by atoms with Gasteiger partial charge in [0.05, 0.1) is 12.2 Å². The molecular formula is C23H21NO6. The summed E-state index contributed by atoms with van der Waals surface area (Å²) in [6.45, 7) is 3.11. The smallest absolute Gasteiger partial charge is 0.338 e. The van der Waals surface area contributed by atoms with Crippen LogP contribution in [0.4, 0.5) is 5.69 Å². The maximum absolute atomic E-state index is 13.0. The number of ketones is 2. The number of benzene rings is 2. The highest BCUT2D eigenvalue weighted by Crippen LogP contribution is 2.28. The van der Waals surface area contributed by atoms with Crippen LogP contribution < -0.4 is 4.90 Å². The Morgan fingerprint density at radius 3 is 2.13 bits per heavy atom. The number of fused-ring (bicyclic) bond motifs is 1. The number of carbonyl (C=O) groups excluding carboxylic acids is 3. The predicted octanol–water partition coefficient (Wildman–Crippen LogP) is 3.15. The van der Waals surface area contributed by atoms with E-state index in [1.165, 1.54) is 17.0 Å². The lowest BCUT2D eigenvalue weighted by Crippen LogP contribution is -2.35. The Labute approximate surface area is 173 Å². The molecule has 7 nitrogen and oxygen atoms in total. The van der Waals surface area contributed by atoms with Crippen LogP contribution in [-0.4, -0.2) is 48.3 Å². The van der Waals surface area contributed by atoms with Gasteiger partial charge in [0.15, 0.2) is 11.6 Å². The molecule has 154 valence electrons. The molecule has 0 saturated carbocycles. The number of esters is 1. The predicted molar refractivity (Wildman–Crippen MR) is 110 cm³/mol. The molecule has 1 N–H and O–H groups in total. The molecule has 0 unspecified atom stereocenters. The molecule has 2 aromatic carbocycles. The van der Waals surface area contributed by atoms with Crippen LogP contribution in [0.5, 0.6) is 0 Å². The van der Waals surface area contributed by atoms with Crippen molar-refractivity contribution in [3.8, 4) is 0 Å². The van der Waals surface area contributed by atoms with Gasteiger partial charge in [-0.2, -0.15) is 0 Å². The molecule has 1 aliphatic carbocycles. The summed E-state index contributed by atoms with van der Waals surface area (Å²) < 4.78 is 4.95. The third-order valence-electron chi connectivity index (χ3n) is 4.90. The summed E-state index contributed by atoms with van der Waals surface area (Å²) >= 11 is 0. The molecule has 0 atom stereocenters. The van der Waals surface area contributed by atoms with Crippen molar-refractivity contribution in [3.05, 3.63) is 76.4 Å². The Hall–Kier alpha value is -3.74. The number of rotatable bonds is 7. The van der Waals surface area contributed by atoms with E-state index in [1.54, 1.807) is 50.2 Å². The quantitative estimate of drug-likeness (QED) is 0.704. The van der Waals surface area contributed by atoms with Gasteiger partial charge in [-0.1, -0.05) is 24.3 Å². The molecule has 0 fully saturated rings. The highest BCUT2D eigenvalue weighted by Gasteiger charge is 2.31. The first-order valence-electron chi connectivity index (χ1n) is 9.45. The minimum absolute atomic E-state index is 0.0458. The van der Waals surface area contributed by atoms with E-state index in [2.05, 4.69) is 0 Å². The number of carboxylic acid groups (broad SMARTS) is 1. The fraction of sp³-hybridized carbons (Fsp3) is 0.217. The molecule has 0 aliphatic heterocycles. The SMILES string of the molecule is CCOC(=O)c1ccc(N(CC(=O)O)CC2=C(C)C(=O)c3ccccc3C2=O)cc1. The number of carbonyl (C=O) groups is 4. The summed E-state index contributed by atoms with van der Waals surface area (Å²) in [5.41, 5.74) is 2.07. The van der Waals surface area contributed by atoms with Crippen molar-refractivity contribution < 1.29 is 29.0 Å². The number of anilines is 1. The summed E-state index contributed by atoms with van der Waals surface area (Å²) in [4.78, 5) is 50.4. The molecule has 0 spiro atoms. The van der Waals surface area contributed by atoms with Crippen molar-refractivity contribution in [2.24, 2.45) is 0 Å². The van der Waals surface area contributed by atoms with Crippen LogP contribution in [0.3, 0.4) is 0 Å². The van der Waals surface area contributed by atoms with Crippen molar-refractivity contribution in [2.75, 3.05) is 24.6 Å². The van der Waals surface area contributed by atoms with Gasteiger partial charge in [0.2, 0.25) is 0 Å². The van der Waals surface area contributed by atoms with Gasteiger partial charge in [-0.25, -0.2) is 4.79 Å². The zero-order valence-corrected chi connectivity index (χ0v) is 16.7. The van der Waals surface area contributed by atoms with Gasteiger partial charge in [-0.05, 0) is 38.1 Å². The average Bonchev–Trinajstić information content (AvgIpc) is 2.74. The van der Waals surface area contributed by atoms with E-state index in [9.17, 15) is 24.3 Å². The Morgan fingerprint density at radius 1 is 0.967 bits per heavy atom. The monoisotopic (exact) mass is 407 g/mol. The lowest BCUT2D eigenvalue weighted by atomic mass is 9.84. The fourth-order valence-corrected chi connectivity index (χ4v) is 3.36. The zero-order valence-electron chi connectivity index (χ0n) is 16.7. The minimum Gasteiger partial charge on any atom is -0.480 e. The maximum Gasteiger partial charge on any atom is 0.338 e. The van der Waals surface area contributed by atoms with Gasteiger partial charge in [-0.15, -0.1) is 0 Å². The third-order valence-corrected chi connectivity index (χ3v) is 4.90. The maximum atomic E-state index is 13.0. The summed E-state index contributed by atoms with van der Waals surface area (Å²) in [5.74, 6) is -2.09. The highest BCUT2D eigenvalue weighted by molar-refractivity contribution is 6.27. The van der Waals surface area contributed by atoms with Gasteiger partial charge in [0.25, 0.3) is 0 Å². The molecule has 0 heterocycles. The first-order chi connectivity index (χ1) is 14.3. The van der Waals surface area contributed by atoms with Crippen molar-refractivity contribution in [1.29, 1.82) is 0 Å². The zero-order chi connectivity index (χ0) is 21.8. The highest BCUT2D eigenvalue weighted by atomic mass is 16.5. The minimum atomic E-state index is -1.09. The summed E-state index contributed by atoms with van der Waals surface area (Å²) in [6.07, 6.45) is 0. The molecule has 0 radical (unpaired) electrons. The summed E-state index contributed by atoms with van der Waals surface area (Å²) in [6, 6.07) is 12.8. The fourth-order valence-electron chi connectivity index (χ4n) is 3.36. The second-order valence-corrected chi connectivity index (χ2v) is 6.82. The number of hydrogen-bond acceptors (Lipinski definition) is 6. The van der Waals surface area contributed by atoms with Crippen molar-refractivity contribution in [2.45, 2.75) is 13.8 Å². The van der Waals surface area contributed by atoms with E-state index in [0.29, 0.717) is 28.0 Å². The second kappa shape index (κ2) is 8.73. The molecule has 0 amide bonds. The lowest BCUT2D eigenvalue weighted by Gasteiger charge is -2.27. The second-order valence-electron chi connectivity index (χ2n) is 6.82.